The van der Waals surface area contributed by atoms with Crippen LogP contribution in [0.5, 0.6) is 0 Å². The van der Waals surface area contributed by atoms with Crippen molar-refractivity contribution in [1.82, 2.24) is 15.2 Å². The topological polar surface area (TPSA) is 28.2 Å². The number of nitrogens with one attached hydrogen (secondary N) is 1. The van der Waals surface area contributed by atoms with E-state index in [1.165, 1.54) is 49.9 Å². The van der Waals surface area contributed by atoms with Gasteiger partial charge in [-0.05, 0) is 44.7 Å². The van der Waals surface area contributed by atoms with E-state index in [-0.39, 0.29) is 5.54 Å². The SMILES string of the molecule is CCC1(C)CNC2(CCCC2)CN1Cc1ncccc1C. The molecule has 3 rings (SSSR count). The fourth-order valence-electron chi connectivity index (χ4n) is 3.95. The van der Waals surface area contributed by atoms with Gasteiger partial charge in [0, 0.05) is 36.9 Å². The van der Waals surface area contributed by atoms with Gasteiger partial charge in [0.25, 0.3) is 0 Å². The molecule has 0 amide bonds. The van der Waals surface area contributed by atoms with Crippen LogP contribution < -0.4 is 5.32 Å². The van der Waals surface area contributed by atoms with Crippen molar-refractivity contribution in [1.29, 1.82) is 0 Å². The molecule has 2 fully saturated rings. The lowest BCUT2D eigenvalue weighted by molar-refractivity contribution is 0.00678. The molecule has 1 aliphatic carbocycles. The van der Waals surface area contributed by atoms with Crippen LogP contribution in [0.4, 0.5) is 0 Å². The molecule has 1 aliphatic heterocycles. The number of nitrogens with zero attached hydrogens (tertiary/aromatic N) is 2. The predicted octanol–water partition coefficient (Wildman–Crippen LogP) is 3.28. The van der Waals surface area contributed by atoms with E-state index in [2.05, 4.69) is 42.0 Å². The lowest BCUT2D eigenvalue weighted by atomic mass is 9.85. The van der Waals surface area contributed by atoms with Crippen molar-refractivity contribution in [3.05, 3.63) is 29.6 Å². The maximum Gasteiger partial charge on any atom is 0.0573 e. The van der Waals surface area contributed by atoms with E-state index < -0.39 is 0 Å². The van der Waals surface area contributed by atoms with E-state index in [9.17, 15) is 0 Å². The zero-order valence-electron chi connectivity index (χ0n) is 13.8. The number of aromatic nitrogens is 1. The molecule has 1 aromatic heterocycles. The largest absolute Gasteiger partial charge is 0.308 e. The van der Waals surface area contributed by atoms with Gasteiger partial charge in [0.15, 0.2) is 0 Å². The molecule has 1 atom stereocenters. The van der Waals surface area contributed by atoms with Crippen LogP contribution in [0.15, 0.2) is 18.3 Å². The van der Waals surface area contributed by atoms with Crippen molar-refractivity contribution in [3.8, 4) is 0 Å². The minimum Gasteiger partial charge on any atom is -0.308 e. The summed E-state index contributed by atoms with van der Waals surface area (Å²) in [5.74, 6) is 0. The van der Waals surface area contributed by atoms with Crippen LogP contribution >= 0.6 is 0 Å². The van der Waals surface area contributed by atoms with Crippen LogP contribution in [0.25, 0.3) is 0 Å². The fourth-order valence-corrected chi connectivity index (χ4v) is 3.95. The van der Waals surface area contributed by atoms with E-state index in [0.29, 0.717) is 5.54 Å². The summed E-state index contributed by atoms with van der Waals surface area (Å²) in [4.78, 5) is 7.32. The summed E-state index contributed by atoms with van der Waals surface area (Å²) in [6, 6.07) is 4.22. The Bertz CT molecular complexity index is 493. The molecule has 0 aromatic carbocycles. The summed E-state index contributed by atoms with van der Waals surface area (Å²) in [5, 5.41) is 3.90. The average molecular weight is 287 g/mol. The molecular weight excluding hydrogens is 258 g/mol. The Morgan fingerprint density at radius 2 is 2.10 bits per heavy atom. The Labute approximate surface area is 129 Å². The van der Waals surface area contributed by atoms with Gasteiger partial charge in [-0.1, -0.05) is 25.8 Å². The molecule has 1 saturated heterocycles. The first kappa shape index (κ1) is 15.0. The third-order valence-electron chi connectivity index (χ3n) is 5.88. The highest BCUT2D eigenvalue weighted by atomic mass is 15.3. The summed E-state index contributed by atoms with van der Waals surface area (Å²) in [6.07, 6.45) is 8.55. The van der Waals surface area contributed by atoms with Gasteiger partial charge in [-0.3, -0.25) is 9.88 Å². The normalized spacial score (nSPS) is 29.1. The van der Waals surface area contributed by atoms with Crippen molar-refractivity contribution >= 4 is 0 Å². The van der Waals surface area contributed by atoms with Gasteiger partial charge in [-0.25, -0.2) is 0 Å². The summed E-state index contributed by atoms with van der Waals surface area (Å²) in [6.45, 7) is 10.2. The predicted molar refractivity (Wildman–Crippen MR) is 87.3 cm³/mol. The van der Waals surface area contributed by atoms with Crippen LogP contribution in [-0.2, 0) is 6.54 Å². The number of piperazine rings is 1. The van der Waals surface area contributed by atoms with Crippen molar-refractivity contribution in [2.75, 3.05) is 13.1 Å². The summed E-state index contributed by atoms with van der Waals surface area (Å²) in [5.41, 5.74) is 3.18. The molecule has 3 nitrogen and oxygen atoms in total. The molecule has 3 heteroatoms. The average Bonchev–Trinajstić information content (AvgIpc) is 2.94. The molecule has 1 unspecified atom stereocenters. The van der Waals surface area contributed by atoms with Crippen molar-refractivity contribution in [2.24, 2.45) is 0 Å². The first-order chi connectivity index (χ1) is 10.1. The highest BCUT2D eigenvalue weighted by Gasteiger charge is 2.45. The minimum atomic E-state index is 0.248. The molecule has 0 bridgehead atoms. The molecule has 2 heterocycles. The van der Waals surface area contributed by atoms with Gasteiger partial charge in [-0.15, -0.1) is 0 Å². The van der Waals surface area contributed by atoms with Crippen molar-refractivity contribution < 1.29 is 0 Å². The molecule has 1 spiro atoms. The van der Waals surface area contributed by atoms with Gasteiger partial charge in [-0.2, -0.15) is 0 Å². The Kier molecular flexibility index (Phi) is 4.06. The lowest BCUT2D eigenvalue weighted by Gasteiger charge is -2.52. The maximum atomic E-state index is 4.63. The van der Waals surface area contributed by atoms with Gasteiger partial charge in [0.05, 0.1) is 5.69 Å². The van der Waals surface area contributed by atoms with E-state index in [1.807, 2.05) is 12.3 Å². The second-order valence-electron chi connectivity index (χ2n) is 7.31. The third kappa shape index (κ3) is 2.86. The second kappa shape index (κ2) is 5.69. The molecule has 2 aliphatic rings. The molecule has 1 aromatic rings. The number of aryl methyl sites for hydroxylation is 1. The first-order valence-electron chi connectivity index (χ1n) is 8.48. The monoisotopic (exact) mass is 287 g/mol. The first-order valence-corrected chi connectivity index (χ1v) is 8.48. The van der Waals surface area contributed by atoms with Gasteiger partial charge >= 0.3 is 0 Å². The second-order valence-corrected chi connectivity index (χ2v) is 7.31. The standard InChI is InChI=1S/C18H29N3/c1-4-17(3)13-20-18(9-5-6-10-18)14-21(17)12-16-15(2)8-7-11-19-16/h7-8,11,20H,4-6,9-10,12-14H2,1-3H3. The van der Waals surface area contributed by atoms with E-state index >= 15 is 0 Å². The number of rotatable bonds is 3. The minimum absolute atomic E-state index is 0.248. The van der Waals surface area contributed by atoms with Crippen LogP contribution in [0.2, 0.25) is 0 Å². The molecule has 1 saturated carbocycles. The van der Waals surface area contributed by atoms with E-state index in [1.54, 1.807) is 0 Å². The third-order valence-corrected chi connectivity index (χ3v) is 5.88. The zero-order valence-corrected chi connectivity index (χ0v) is 13.8. The van der Waals surface area contributed by atoms with Gasteiger partial charge in [0.1, 0.15) is 0 Å². The highest BCUT2D eigenvalue weighted by Crippen LogP contribution is 2.37. The van der Waals surface area contributed by atoms with Crippen molar-refractivity contribution in [3.63, 3.8) is 0 Å². The Morgan fingerprint density at radius 3 is 2.76 bits per heavy atom. The van der Waals surface area contributed by atoms with Gasteiger partial charge in [0.2, 0.25) is 0 Å². The Balaban J connectivity index is 1.82. The zero-order chi connectivity index (χ0) is 14.9. The van der Waals surface area contributed by atoms with Crippen LogP contribution in [-0.4, -0.2) is 34.1 Å². The number of hydrogen-bond donors (Lipinski definition) is 1. The van der Waals surface area contributed by atoms with Crippen LogP contribution in [0.1, 0.15) is 57.2 Å². The molecule has 0 radical (unpaired) electrons. The van der Waals surface area contributed by atoms with Gasteiger partial charge < -0.3 is 5.32 Å². The fraction of sp³-hybridized carbons (Fsp3) is 0.722. The van der Waals surface area contributed by atoms with Crippen LogP contribution in [0, 0.1) is 6.92 Å². The maximum absolute atomic E-state index is 4.63. The van der Waals surface area contributed by atoms with E-state index in [0.717, 1.165) is 13.1 Å². The molecule has 21 heavy (non-hydrogen) atoms. The summed E-state index contributed by atoms with van der Waals surface area (Å²) < 4.78 is 0. The lowest BCUT2D eigenvalue weighted by Crippen LogP contribution is -2.67. The quantitative estimate of drug-likeness (QED) is 0.925. The Morgan fingerprint density at radius 1 is 1.33 bits per heavy atom. The molecule has 1 N–H and O–H groups in total. The number of pyridine rings is 1. The summed E-state index contributed by atoms with van der Waals surface area (Å²) in [7, 11) is 0. The molecule has 116 valence electrons. The smallest absolute Gasteiger partial charge is 0.0573 e. The van der Waals surface area contributed by atoms with Crippen LogP contribution in [0.3, 0.4) is 0 Å². The highest BCUT2D eigenvalue weighted by molar-refractivity contribution is 5.18. The number of hydrogen-bond acceptors (Lipinski definition) is 3. The van der Waals surface area contributed by atoms with Crippen molar-refractivity contribution in [2.45, 2.75) is 70.5 Å². The summed E-state index contributed by atoms with van der Waals surface area (Å²) >= 11 is 0. The molecular formula is C18H29N3. The Hall–Kier alpha value is -0.930. The van der Waals surface area contributed by atoms with E-state index in [4.69, 9.17) is 0 Å².